The van der Waals surface area contributed by atoms with E-state index in [1.54, 1.807) is 0 Å². The molecule has 0 bridgehead atoms. The fourth-order valence-corrected chi connectivity index (χ4v) is 6.74. The van der Waals surface area contributed by atoms with Crippen molar-refractivity contribution in [3.05, 3.63) is 77.0 Å². The van der Waals surface area contributed by atoms with Crippen molar-refractivity contribution in [1.29, 1.82) is 0 Å². The van der Waals surface area contributed by atoms with Crippen LogP contribution in [0.5, 0.6) is 11.5 Å². The molecule has 0 spiro atoms. The van der Waals surface area contributed by atoms with Gasteiger partial charge in [-0.25, -0.2) is 4.57 Å². The summed E-state index contributed by atoms with van der Waals surface area (Å²) >= 11 is 0. The maximum Gasteiger partial charge on any atom is 0.228 e. The molecular weight excluding hydrogens is 474 g/mol. The van der Waals surface area contributed by atoms with Crippen molar-refractivity contribution in [2.75, 3.05) is 0 Å². The van der Waals surface area contributed by atoms with E-state index in [-0.39, 0.29) is 0 Å². The van der Waals surface area contributed by atoms with E-state index >= 15 is 0 Å². The molecule has 5 aromatic rings. The van der Waals surface area contributed by atoms with Crippen molar-refractivity contribution < 1.29 is 9.30 Å². The van der Waals surface area contributed by atoms with Gasteiger partial charge in [0.05, 0.1) is 10.9 Å². The van der Waals surface area contributed by atoms with Crippen LogP contribution in [-0.4, -0.2) is 0 Å². The fourth-order valence-electron chi connectivity index (χ4n) is 6.74. The number of ether oxygens (including phenoxy) is 1. The first-order valence-corrected chi connectivity index (χ1v) is 14.8. The summed E-state index contributed by atoms with van der Waals surface area (Å²) in [4.78, 5) is 0. The summed E-state index contributed by atoms with van der Waals surface area (Å²) in [5.74, 6) is 3.82. The summed E-state index contributed by atoms with van der Waals surface area (Å²) in [5.41, 5.74) is 8.02. The Morgan fingerprint density at radius 3 is 2.00 bits per heavy atom. The molecule has 1 aromatic heterocycles. The number of nitrogens with zero attached hydrogens (tertiary/aromatic N) is 1. The van der Waals surface area contributed by atoms with Crippen molar-refractivity contribution in [1.82, 2.24) is 0 Å². The maximum atomic E-state index is 7.01. The third-order valence-electron chi connectivity index (χ3n) is 8.30. The lowest BCUT2D eigenvalue weighted by atomic mass is 9.84. The van der Waals surface area contributed by atoms with Crippen molar-refractivity contribution in [2.24, 2.45) is 24.8 Å². The minimum atomic E-state index is 0.529. The number of hydrogen-bond donors (Lipinski definition) is 0. The predicted octanol–water partition coefficient (Wildman–Crippen LogP) is 9.65. The molecule has 6 rings (SSSR count). The number of benzene rings is 4. The third-order valence-corrected chi connectivity index (χ3v) is 8.30. The summed E-state index contributed by atoms with van der Waals surface area (Å²) in [7, 11) is 2.19. The predicted molar refractivity (Wildman–Crippen MR) is 166 cm³/mol. The van der Waals surface area contributed by atoms with Gasteiger partial charge in [-0.1, -0.05) is 77.9 Å². The van der Waals surface area contributed by atoms with Crippen molar-refractivity contribution >= 4 is 32.3 Å². The molecular formula is C37H42NO+. The van der Waals surface area contributed by atoms with Crippen LogP contribution in [0.25, 0.3) is 43.6 Å². The highest BCUT2D eigenvalue weighted by molar-refractivity contribution is 6.16. The Hall–Kier alpha value is -3.39. The molecule has 0 fully saturated rings. The second kappa shape index (κ2) is 9.66. The monoisotopic (exact) mass is 516 g/mol. The van der Waals surface area contributed by atoms with Gasteiger partial charge in [-0.2, -0.15) is 0 Å². The smallest absolute Gasteiger partial charge is 0.228 e. The van der Waals surface area contributed by atoms with Gasteiger partial charge < -0.3 is 4.74 Å². The van der Waals surface area contributed by atoms with Gasteiger partial charge in [-0.3, -0.25) is 0 Å². The normalized spacial score (nSPS) is 12.8. The van der Waals surface area contributed by atoms with Gasteiger partial charge in [0.15, 0.2) is 6.20 Å². The number of rotatable bonds is 6. The largest absolute Gasteiger partial charge is 0.455 e. The molecule has 4 aromatic carbocycles. The Bertz CT molecular complexity index is 1760. The number of aryl methyl sites for hydroxylation is 2. The van der Waals surface area contributed by atoms with E-state index < -0.39 is 0 Å². The molecule has 0 unspecified atom stereocenters. The van der Waals surface area contributed by atoms with Crippen LogP contribution in [0.3, 0.4) is 0 Å². The van der Waals surface area contributed by atoms with Gasteiger partial charge in [0, 0.05) is 17.0 Å². The van der Waals surface area contributed by atoms with Crippen LogP contribution < -0.4 is 9.30 Å². The number of hydrogen-bond acceptors (Lipinski definition) is 1. The molecule has 1 aliphatic rings. The Labute approximate surface area is 233 Å². The molecule has 2 heteroatoms. The first kappa shape index (κ1) is 25.9. The van der Waals surface area contributed by atoms with Crippen LogP contribution >= 0.6 is 0 Å². The second-order valence-electron chi connectivity index (χ2n) is 13.1. The van der Waals surface area contributed by atoms with Crippen LogP contribution in [0.1, 0.15) is 63.8 Å². The standard InChI is InChI=1S/C37H42NO/c1-21(2)15-25-9-11-27-20-33-35-29(31(27)19-25)13-14-38(8)36(35)34-24(7)30-18-26(16-22(3)4)10-12-28(30)32(17-23(5)6)37(34)39-33/h9-14,18-23H,15-17H2,1-8H3/q+1. The van der Waals surface area contributed by atoms with E-state index in [9.17, 15) is 0 Å². The first-order valence-electron chi connectivity index (χ1n) is 14.8. The molecule has 0 saturated carbocycles. The van der Waals surface area contributed by atoms with Crippen LogP contribution in [-0.2, 0) is 26.3 Å². The van der Waals surface area contributed by atoms with Gasteiger partial charge in [-0.05, 0) is 88.2 Å². The zero-order valence-corrected chi connectivity index (χ0v) is 24.9. The fraction of sp³-hybridized carbons (Fsp3) is 0.378. The minimum absolute atomic E-state index is 0.529. The summed E-state index contributed by atoms with van der Waals surface area (Å²) in [6.07, 6.45) is 5.42. The Morgan fingerprint density at radius 1 is 0.692 bits per heavy atom. The molecule has 1 aliphatic heterocycles. The average Bonchev–Trinajstić information content (AvgIpc) is 2.87. The summed E-state index contributed by atoms with van der Waals surface area (Å²) in [5, 5.41) is 7.79. The van der Waals surface area contributed by atoms with E-state index in [1.807, 2.05) is 0 Å². The first-order chi connectivity index (χ1) is 18.6. The van der Waals surface area contributed by atoms with Crippen molar-refractivity contribution in [3.63, 3.8) is 0 Å². The molecule has 2 nitrogen and oxygen atoms in total. The second-order valence-corrected chi connectivity index (χ2v) is 13.1. The molecule has 0 amide bonds. The van der Waals surface area contributed by atoms with Gasteiger partial charge in [0.2, 0.25) is 5.69 Å². The summed E-state index contributed by atoms with van der Waals surface area (Å²) in [6, 6.07) is 18.7. The topological polar surface area (TPSA) is 13.1 Å². The van der Waals surface area contributed by atoms with Crippen LogP contribution in [0.15, 0.2) is 54.7 Å². The lowest BCUT2D eigenvalue weighted by molar-refractivity contribution is -0.659. The highest BCUT2D eigenvalue weighted by atomic mass is 16.5. The Kier molecular flexibility index (Phi) is 6.41. The van der Waals surface area contributed by atoms with Crippen LogP contribution in [0.4, 0.5) is 0 Å². The van der Waals surface area contributed by atoms with Crippen molar-refractivity contribution in [3.8, 4) is 22.8 Å². The molecule has 0 aliphatic carbocycles. The van der Waals surface area contributed by atoms with Crippen LogP contribution in [0, 0.1) is 24.7 Å². The molecule has 0 N–H and O–H groups in total. The number of aromatic nitrogens is 1. The third kappa shape index (κ3) is 4.39. The SMILES string of the molecule is Cc1c2c(c(CC(C)C)c3ccc(CC(C)C)cc13)Oc1cc3ccc(CC(C)C)cc3c3cc[n+](C)c-2c13. The average molecular weight is 517 g/mol. The van der Waals surface area contributed by atoms with Crippen molar-refractivity contribution in [2.45, 2.75) is 67.7 Å². The van der Waals surface area contributed by atoms with Crippen LogP contribution in [0.2, 0.25) is 0 Å². The molecule has 39 heavy (non-hydrogen) atoms. The van der Waals surface area contributed by atoms with Gasteiger partial charge in [0.1, 0.15) is 18.5 Å². The zero-order chi connectivity index (χ0) is 27.6. The van der Waals surface area contributed by atoms with Gasteiger partial charge in [0.25, 0.3) is 0 Å². The molecule has 0 saturated heterocycles. The van der Waals surface area contributed by atoms with E-state index in [0.29, 0.717) is 17.8 Å². The van der Waals surface area contributed by atoms with E-state index in [0.717, 1.165) is 30.8 Å². The van der Waals surface area contributed by atoms with Gasteiger partial charge in [-0.15, -0.1) is 0 Å². The van der Waals surface area contributed by atoms with E-state index in [4.69, 9.17) is 4.74 Å². The Balaban J connectivity index is 1.71. The number of pyridine rings is 1. The highest BCUT2D eigenvalue weighted by Crippen LogP contribution is 2.52. The highest BCUT2D eigenvalue weighted by Gasteiger charge is 2.33. The Morgan fingerprint density at radius 2 is 1.33 bits per heavy atom. The molecule has 0 radical (unpaired) electrons. The molecule has 2 heterocycles. The summed E-state index contributed by atoms with van der Waals surface area (Å²) in [6.45, 7) is 16.1. The minimum Gasteiger partial charge on any atom is -0.455 e. The zero-order valence-electron chi connectivity index (χ0n) is 24.9. The summed E-state index contributed by atoms with van der Waals surface area (Å²) < 4.78 is 9.32. The lowest BCUT2D eigenvalue weighted by Crippen LogP contribution is -2.32. The molecule has 0 atom stereocenters. The molecule has 200 valence electrons. The van der Waals surface area contributed by atoms with E-state index in [2.05, 4.69) is 115 Å². The quantitative estimate of drug-likeness (QED) is 0.159. The number of fused-ring (bicyclic) bond motifs is 5. The maximum absolute atomic E-state index is 7.01. The van der Waals surface area contributed by atoms with E-state index in [1.165, 1.54) is 65.8 Å². The van der Waals surface area contributed by atoms with Gasteiger partial charge >= 0.3 is 0 Å². The lowest BCUT2D eigenvalue weighted by Gasteiger charge is -2.26.